The van der Waals surface area contributed by atoms with E-state index < -0.39 is 12.4 Å². The second-order valence-corrected chi connectivity index (χ2v) is 5.28. The molecule has 0 aliphatic rings. The fourth-order valence-corrected chi connectivity index (χ4v) is 2.57. The maximum absolute atomic E-state index is 12.6. The number of H-pyrrole nitrogens is 1. The summed E-state index contributed by atoms with van der Waals surface area (Å²) < 4.78 is 30.4. The van der Waals surface area contributed by atoms with Crippen molar-refractivity contribution in [3.8, 4) is 5.75 Å². The average Bonchev–Trinajstić information content (AvgIpc) is 2.88. The Morgan fingerprint density at radius 1 is 1.48 bits per heavy atom. The van der Waals surface area contributed by atoms with E-state index in [4.69, 9.17) is 4.74 Å². The van der Waals surface area contributed by atoms with Gasteiger partial charge in [0.05, 0.1) is 6.54 Å². The molecule has 0 aliphatic carbocycles. The van der Waals surface area contributed by atoms with Crippen LogP contribution in [0, 0.1) is 0 Å². The number of aromatic amines is 1. The molecule has 1 N–H and O–H groups in total. The van der Waals surface area contributed by atoms with Crippen molar-refractivity contribution in [3.63, 3.8) is 0 Å². The van der Waals surface area contributed by atoms with Crippen LogP contribution in [-0.2, 0) is 11.2 Å². The van der Waals surface area contributed by atoms with E-state index in [0.29, 0.717) is 25.3 Å². The third kappa shape index (κ3) is 4.63. The molecule has 0 unspecified atom stereocenters. The van der Waals surface area contributed by atoms with Gasteiger partial charge in [-0.05, 0) is 24.1 Å². The Bertz CT molecular complexity index is 682. The van der Waals surface area contributed by atoms with Gasteiger partial charge in [0.15, 0.2) is 0 Å². The highest BCUT2D eigenvalue weighted by atomic mass is 19.3. The van der Waals surface area contributed by atoms with Crippen LogP contribution in [0.3, 0.4) is 0 Å². The minimum Gasteiger partial charge on any atom is -0.426 e. The third-order valence-electron chi connectivity index (χ3n) is 3.48. The smallest absolute Gasteiger partial charge is 0.308 e. The number of nitrogens with zero attached hydrogens (tertiary/aromatic N) is 1. The normalized spacial score (nSPS) is 11.3. The minimum absolute atomic E-state index is 0.287. The summed E-state index contributed by atoms with van der Waals surface area (Å²) >= 11 is 0. The molecule has 1 heterocycles. The number of fused-ring (bicyclic) bond motifs is 1. The molecule has 0 spiro atoms. The number of ether oxygens (including phenoxy) is 1. The summed E-state index contributed by atoms with van der Waals surface area (Å²) in [6, 6.07) is 5.40. The molecule has 0 atom stereocenters. The zero-order chi connectivity index (χ0) is 16.8. The number of halogens is 2. The monoisotopic (exact) mass is 322 g/mol. The largest absolute Gasteiger partial charge is 0.426 e. The summed E-state index contributed by atoms with van der Waals surface area (Å²) in [5.74, 6) is 0.0889. The van der Waals surface area contributed by atoms with Crippen LogP contribution in [0.1, 0.15) is 12.5 Å². The molecule has 1 aromatic carbocycles. The van der Waals surface area contributed by atoms with Gasteiger partial charge in [0.1, 0.15) is 5.75 Å². The van der Waals surface area contributed by atoms with E-state index >= 15 is 0 Å². The van der Waals surface area contributed by atoms with Gasteiger partial charge in [-0.15, -0.1) is 6.58 Å². The standard InChI is InChI=1S/C17H20F2N2O2/c1-3-8-21(11-16(18)19)9-7-13-10-20-14-5-4-6-15(17(13)14)23-12(2)22/h3-6,10,16,20H,1,7-9,11H2,2H3. The van der Waals surface area contributed by atoms with E-state index in [1.165, 1.54) is 6.92 Å². The lowest BCUT2D eigenvalue weighted by Crippen LogP contribution is -2.31. The van der Waals surface area contributed by atoms with Crippen molar-refractivity contribution in [2.24, 2.45) is 0 Å². The van der Waals surface area contributed by atoms with Gasteiger partial charge in [0.2, 0.25) is 0 Å². The zero-order valence-corrected chi connectivity index (χ0v) is 13.0. The minimum atomic E-state index is -2.38. The number of benzene rings is 1. The first-order chi connectivity index (χ1) is 11.0. The molecule has 0 fully saturated rings. The van der Waals surface area contributed by atoms with Crippen LogP contribution in [0.4, 0.5) is 8.78 Å². The van der Waals surface area contributed by atoms with E-state index in [1.54, 1.807) is 23.1 Å². The molecular weight excluding hydrogens is 302 g/mol. The summed E-state index contributed by atoms with van der Waals surface area (Å²) in [5, 5.41) is 0.818. The van der Waals surface area contributed by atoms with Gasteiger partial charge in [-0.2, -0.15) is 0 Å². The number of carbonyl (C=O) groups excluding carboxylic acids is 1. The molecule has 1 aromatic heterocycles. The van der Waals surface area contributed by atoms with Crippen LogP contribution in [0.15, 0.2) is 37.1 Å². The Labute approximate surface area is 133 Å². The van der Waals surface area contributed by atoms with Crippen molar-refractivity contribution < 1.29 is 18.3 Å². The quantitative estimate of drug-likeness (QED) is 0.460. The summed E-state index contributed by atoms with van der Waals surface area (Å²) in [6.45, 7) is 5.54. The first-order valence-corrected chi connectivity index (χ1v) is 7.40. The van der Waals surface area contributed by atoms with Gasteiger partial charge in [-0.25, -0.2) is 8.78 Å². The summed E-state index contributed by atoms with van der Waals surface area (Å²) in [4.78, 5) is 16.0. The highest BCUT2D eigenvalue weighted by Crippen LogP contribution is 2.29. The van der Waals surface area contributed by atoms with Crippen LogP contribution in [0.5, 0.6) is 5.75 Å². The maximum Gasteiger partial charge on any atom is 0.308 e. The van der Waals surface area contributed by atoms with Gasteiger partial charge >= 0.3 is 5.97 Å². The Morgan fingerprint density at radius 3 is 2.91 bits per heavy atom. The van der Waals surface area contributed by atoms with E-state index in [-0.39, 0.29) is 6.54 Å². The first kappa shape index (κ1) is 17.1. The predicted octanol–water partition coefficient (Wildman–Crippen LogP) is 3.39. The van der Waals surface area contributed by atoms with E-state index in [1.807, 2.05) is 12.3 Å². The fourth-order valence-electron chi connectivity index (χ4n) is 2.57. The Morgan fingerprint density at radius 2 is 2.26 bits per heavy atom. The molecule has 0 bridgehead atoms. The molecular formula is C17H20F2N2O2. The SMILES string of the molecule is C=CCN(CCc1c[nH]c2cccc(OC(C)=O)c12)CC(F)F. The van der Waals surface area contributed by atoms with Gasteiger partial charge in [0.25, 0.3) is 6.43 Å². The highest BCUT2D eigenvalue weighted by molar-refractivity contribution is 5.91. The third-order valence-corrected chi connectivity index (χ3v) is 3.48. The van der Waals surface area contributed by atoms with Crippen molar-refractivity contribution in [1.82, 2.24) is 9.88 Å². The van der Waals surface area contributed by atoms with E-state index in [2.05, 4.69) is 11.6 Å². The van der Waals surface area contributed by atoms with E-state index in [9.17, 15) is 13.6 Å². The van der Waals surface area contributed by atoms with E-state index in [0.717, 1.165) is 16.5 Å². The molecule has 23 heavy (non-hydrogen) atoms. The highest BCUT2D eigenvalue weighted by Gasteiger charge is 2.14. The lowest BCUT2D eigenvalue weighted by atomic mass is 10.1. The van der Waals surface area contributed by atoms with Crippen molar-refractivity contribution in [3.05, 3.63) is 42.6 Å². The van der Waals surface area contributed by atoms with Crippen LogP contribution < -0.4 is 4.74 Å². The number of nitrogens with one attached hydrogen (secondary N) is 1. The molecule has 0 aliphatic heterocycles. The van der Waals surface area contributed by atoms with Gasteiger partial charge < -0.3 is 9.72 Å². The van der Waals surface area contributed by atoms with Crippen molar-refractivity contribution in [2.45, 2.75) is 19.8 Å². The number of esters is 1. The Kier molecular flexibility index (Phi) is 5.87. The number of carbonyl (C=O) groups is 1. The molecule has 124 valence electrons. The Hall–Kier alpha value is -2.21. The molecule has 0 amide bonds. The topological polar surface area (TPSA) is 45.3 Å². The molecule has 2 aromatic rings. The predicted molar refractivity (Wildman–Crippen MR) is 86.0 cm³/mol. The zero-order valence-electron chi connectivity index (χ0n) is 13.0. The molecule has 2 rings (SSSR count). The summed E-state index contributed by atoms with van der Waals surface area (Å²) in [7, 11) is 0. The Balaban J connectivity index is 2.19. The van der Waals surface area contributed by atoms with Crippen molar-refractivity contribution in [1.29, 1.82) is 0 Å². The van der Waals surface area contributed by atoms with Gasteiger partial charge in [-0.3, -0.25) is 9.69 Å². The number of aromatic nitrogens is 1. The average molecular weight is 322 g/mol. The number of alkyl halides is 2. The number of hydrogen-bond donors (Lipinski definition) is 1. The fraction of sp³-hybridized carbons (Fsp3) is 0.353. The maximum atomic E-state index is 12.6. The number of rotatable bonds is 8. The molecule has 0 saturated heterocycles. The molecule has 6 heteroatoms. The van der Waals surface area contributed by atoms with Crippen LogP contribution >= 0.6 is 0 Å². The lowest BCUT2D eigenvalue weighted by molar-refractivity contribution is -0.131. The molecule has 0 radical (unpaired) electrons. The number of hydrogen-bond acceptors (Lipinski definition) is 3. The summed E-state index contributed by atoms with van der Waals surface area (Å²) in [6.07, 6.45) is 1.63. The second-order valence-electron chi connectivity index (χ2n) is 5.28. The first-order valence-electron chi connectivity index (χ1n) is 7.40. The van der Waals surface area contributed by atoms with Crippen molar-refractivity contribution in [2.75, 3.05) is 19.6 Å². The molecule has 4 nitrogen and oxygen atoms in total. The van der Waals surface area contributed by atoms with Crippen molar-refractivity contribution >= 4 is 16.9 Å². The second kappa shape index (κ2) is 7.87. The lowest BCUT2D eigenvalue weighted by Gasteiger charge is -2.19. The van der Waals surface area contributed by atoms with Crippen LogP contribution in [0.25, 0.3) is 10.9 Å². The molecule has 0 saturated carbocycles. The van der Waals surface area contributed by atoms with Crippen LogP contribution in [-0.4, -0.2) is 41.9 Å². The van der Waals surface area contributed by atoms with Gasteiger partial charge in [0, 0.05) is 37.1 Å². The summed E-state index contributed by atoms with van der Waals surface area (Å²) in [5.41, 5.74) is 1.78. The van der Waals surface area contributed by atoms with Gasteiger partial charge in [-0.1, -0.05) is 12.1 Å². The van der Waals surface area contributed by atoms with Crippen LogP contribution in [0.2, 0.25) is 0 Å².